The molecular formula is C66H37N5. The predicted octanol–water partition coefficient (Wildman–Crippen LogP) is 17.0. The highest BCUT2D eigenvalue weighted by Crippen LogP contribution is 2.50. The van der Waals surface area contributed by atoms with Crippen molar-refractivity contribution in [2.75, 3.05) is 0 Å². The maximum absolute atomic E-state index is 12.4. The van der Waals surface area contributed by atoms with Gasteiger partial charge in [-0.3, -0.25) is 0 Å². The molecule has 0 saturated heterocycles. The summed E-state index contributed by atoms with van der Waals surface area (Å²) < 4.78 is 6.81. The normalized spacial score (nSPS) is 11.9. The molecular weight excluding hydrogens is 863 g/mol. The molecule has 0 fully saturated rings. The number of rotatable bonds is 4. The number of nitriles is 2. The third-order valence-electron chi connectivity index (χ3n) is 15.1. The fraction of sp³-hybridized carbons (Fsp3) is 0. The van der Waals surface area contributed by atoms with E-state index in [0.717, 1.165) is 103 Å². The molecule has 15 rings (SSSR count). The highest BCUT2D eigenvalue weighted by molar-refractivity contribution is 6.29. The molecule has 0 bridgehead atoms. The van der Waals surface area contributed by atoms with Gasteiger partial charge in [-0.15, -0.1) is 0 Å². The van der Waals surface area contributed by atoms with Crippen LogP contribution in [0, 0.1) is 22.7 Å². The lowest BCUT2D eigenvalue weighted by molar-refractivity contribution is 1.08. The SMILES string of the molecule is N#Cc1c(-n2c3ccccc3c3cc4c5ccccc5c5ccccc5c4cc32)c(C#N)c(-n2c3ccccc3c3ccccc32)c(-c2ccc3ccccc3c2)c1-n1c2ccccc2c2ccccc21. The van der Waals surface area contributed by atoms with Crippen LogP contribution in [0.2, 0.25) is 0 Å². The molecule has 0 aliphatic rings. The number of fused-ring (bicyclic) bond motifs is 16. The van der Waals surface area contributed by atoms with E-state index in [1.165, 1.54) is 16.2 Å². The van der Waals surface area contributed by atoms with Crippen LogP contribution in [0.15, 0.2) is 224 Å². The van der Waals surface area contributed by atoms with Crippen LogP contribution in [0.3, 0.4) is 0 Å². The second kappa shape index (κ2) is 14.8. The zero-order chi connectivity index (χ0) is 46.9. The summed E-state index contributed by atoms with van der Waals surface area (Å²) in [6.07, 6.45) is 0. The molecule has 0 N–H and O–H groups in total. The van der Waals surface area contributed by atoms with Gasteiger partial charge in [-0.2, -0.15) is 10.5 Å². The van der Waals surface area contributed by atoms with Crippen LogP contribution in [-0.4, -0.2) is 13.7 Å². The quantitative estimate of drug-likeness (QED) is 0.165. The molecule has 15 aromatic rings. The molecule has 326 valence electrons. The van der Waals surface area contributed by atoms with Gasteiger partial charge >= 0.3 is 0 Å². The van der Waals surface area contributed by atoms with Crippen molar-refractivity contribution in [2.24, 2.45) is 0 Å². The van der Waals surface area contributed by atoms with Crippen LogP contribution in [0.1, 0.15) is 11.1 Å². The van der Waals surface area contributed by atoms with E-state index in [-0.39, 0.29) is 0 Å². The van der Waals surface area contributed by atoms with Crippen LogP contribution in [0.4, 0.5) is 0 Å². The smallest absolute Gasteiger partial charge is 0.104 e. The molecule has 5 nitrogen and oxygen atoms in total. The first-order chi connectivity index (χ1) is 35.2. The Hall–Kier alpha value is -9.94. The Labute approximate surface area is 406 Å². The zero-order valence-electron chi connectivity index (χ0n) is 38.1. The molecule has 0 unspecified atom stereocenters. The summed E-state index contributed by atoms with van der Waals surface area (Å²) in [5.74, 6) is 0. The summed E-state index contributed by atoms with van der Waals surface area (Å²) in [6.45, 7) is 0. The standard InChI is InChI=1S/C66H37N5/c67-38-55-64(71-61-32-16-11-27-51(61)54-36-52-45-21-5-3-19-43(45)44-20-4-6-22-46(44)53(52)37-62(54)71)56(39-68)66(70-59-30-14-9-25-49(59)50-26-10-15-31-60(50)70)63(42-34-33-40-17-1-2-18-41(40)35-42)65(55)69-57-28-12-7-23-47(57)48-24-8-13-29-58(48)69/h1-37H. The highest BCUT2D eigenvalue weighted by Gasteiger charge is 2.33. The van der Waals surface area contributed by atoms with Crippen LogP contribution in [0.25, 0.3) is 137 Å². The van der Waals surface area contributed by atoms with Gasteiger partial charge in [0.05, 0.1) is 50.2 Å². The molecule has 0 aliphatic carbocycles. The van der Waals surface area contributed by atoms with Gasteiger partial charge < -0.3 is 13.7 Å². The lowest BCUT2D eigenvalue weighted by Crippen LogP contribution is -2.14. The summed E-state index contributed by atoms with van der Waals surface area (Å²) in [5.41, 5.74) is 10.1. The number of hydrogen-bond acceptors (Lipinski definition) is 2. The van der Waals surface area contributed by atoms with Crippen LogP contribution >= 0.6 is 0 Å². The lowest BCUT2D eigenvalue weighted by atomic mass is 9.90. The van der Waals surface area contributed by atoms with Crippen molar-refractivity contribution in [3.63, 3.8) is 0 Å². The minimum absolute atomic E-state index is 0.395. The summed E-state index contributed by atoms with van der Waals surface area (Å²) in [4.78, 5) is 0. The van der Waals surface area contributed by atoms with Crippen LogP contribution < -0.4 is 0 Å². The Morgan fingerprint density at radius 3 is 1.03 bits per heavy atom. The number of aromatic nitrogens is 3. The van der Waals surface area contributed by atoms with E-state index in [2.05, 4.69) is 250 Å². The van der Waals surface area contributed by atoms with Crippen LogP contribution in [-0.2, 0) is 0 Å². The van der Waals surface area contributed by atoms with Gasteiger partial charge in [0.1, 0.15) is 23.3 Å². The molecule has 5 heteroatoms. The Morgan fingerprint density at radius 2 is 0.592 bits per heavy atom. The minimum atomic E-state index is 0.395. The summed E-state index contributed by atoms with van der Waals surface area (Å²) in [6, 6.07) is 85.0. The van der Waals surface area contributed by atoms with E-state index in [0.29, 0.717) is 28.2 Å². The molecule has 0 spiro atoms. The Bertz CT molecular complexity index is 4650. The molecule has 0 saturated carbocycles. The molecule has 0 radical (unpaired) electrons. The molecule has 3 aromatic heterocycles. The first-order valence-corrected chi connectivity index (χ1v) is 24.0. The van der Waals surface area contributed by atoms with E-state index in [9.17, 15) is 10.5 Å². The maximum atomic E-state index is 12.4. The lowest BCUT2D eigenvalue weighted by Gasteiger charge is -2.26. The first kappa shape index (κ1) is 39.1. The topological polar surface area (TPSA) is 62.4 Å². The van der Waals surface area contributed by atoms with Crippen LogP contribution in [0.5, 0.6) is 0 Å². The van der Waals surface area contributed by atoms with E-state index < -0.39 is 0 Å². The first-order valence-electron chi connectivity index (χ1n) is 24.0. The number of benzene rings is 12. The summed E-state index contributed by atoms with van der Waals surface area (Å²) in [5, 5.41) is 40.2. The summed E-state index contributed by atoms with van der Waals surface area (Å²) >= 11 is 0. The minimum Gasteiger partial charge on any atom is -0.307 e. The van der Waals surface area contributed by atoms with E-state index in [1.54, 1.807) is 0 Å². The maximum Gasteiger partial charge on any atom is 0.104 e. The molecule has 12 aromatic carbocycles. The average Bonchev–Trinajstić information content (AvgIpc) is 4.07. The molecule has 0 amide bonds. The van der Waals surface area contributed by atoms with Gasteiger partial charge in [-0.05, 0) is 97.2 Å². The molecule has 71 heavy (non-hydrogen) atoms. The average molecular weight is 900 g/mol. The van der Waals surface area contributed by atoms with Gasteiger partial charge in [0.25, 0.3) is 0 Å². The van der Waals surface area contributed by atoms with Crippen molar-refractivity contribution >= 4 is 109 Å². The van der Waals surface area contributed by atoms with Gasteiger partial charge in [0, 0.05) is 37.9 Å². The van der Waals surface area contributed by atoms with Crippen molar-refractivity contribution in [3.05, 3.63) is 236 Å². The molecule has 0 atom stereocenters. The predicted molar refractivity (Wildman–Crippen MR) is 294 cm³/mol. The van der Waals surface area contributed by atoms with Crippen molar-refractivity contribution < 1.29 is 0 Å². The molecule has 0 aliphatic heterocycles. The van der Waals surface area contributed by atoms with Gasteiger partial charge in [-0.25, -0.2) is 0 Å². The van der Waals surface area contributed by atoms with E-state index in [4.69, 9.17) is 0 Å². The largest absolute Gasteiger partial charge is 0.307 e. The fourth-order valence-corrected chi connectivity index (χ4v) is 12.1. The Kier molecular flexibility index (Phi) is 8.14. The van der Waals surface area contributed by atoms with E-state index >= 15 is 0 Å². The number of para-hydroxylation sites is 5. The summed E-state index contributed by atoms with van der Waals surface area (Å²) in [7, 11) is 0. The van der Waals surface area contributed by atoms with Crippen molar-refractivity contribution in [1.29, 1.82) is 10.5 Å². The van der Waals surface area contributed by atoms with Gasteiger partial charge in [0.2, 0.25) is 0 Å². The number of nitrogens with zero attached hydrogens (tertiary/aromatic N) is 5. The van der Waals surface area contributed by atoms with Gasteiger partial charge in [0.15, 0.2) is 0 Å². The van der Waals surface area contributed by atoms with Gasteiger partial charge in [-0.1, -0.05) is 176 Å². The highest BCUT2D eigenvalue weighted by atomic mass is 15.1. The third-order valence-corrected chi connectivity index (χ3v) is 15.1. The van der Waals surface area contributed by atoms with Crippen molar-refractivity contribution in [2.45, 2.75) is 0 Å². The molecule has 3 heterocycles. The zero-order valence-corrected chi connectivity index (χ0v) is 38.1. The Morgan fingerprint density at radius 1 is 0.254 bits per heavy atom. The van der Waals surface area contributed by atoms with Crippen molar-refractivity contribution in [1.82, 2.24) is 13.7 Å². The number of hydrogen-bond donors (Lipinski definition) is 0. The van der Waals surface area contributed by atoms with E-state index in [1.807, 2.05) is 0 Å². The second-order valence-corrected chi connectivity index (χ2v) is 18.6. The fourth-order valence-electron chi connectivity index (χ4n) is 12.1. The third kappa shape index (κ3) is 5.32. The Balaban J connectivity index is 1.24. The second-order valence-electron chi connectivity index (χ2n) is 18.6. The van der Waals surface area contributed by atoms with Crippen molar-refractivity contribution in [3.8, 4) is 40.3 Å². The monoisotopic (exact) mass is 899 g/mol.